The molecule has 43 heavy (non-hydrogen) atoms. The second-order valence-electron chi connectivity index (χ2n) is 11.8. The fourth-order valence-electron chi connectivity index (χ4n) is 4.85. The Morgan fingerprint density at radius 2 is 1.51 bits per heavy atom. The highest BCUT2D eigenvalue weighted by molar-refractivity contribution is 7.92. The summed E-state index contributed by atoms with van der Waals surface area (Å²) < 4.78 is 26.9. The summed E-state index contributed by atoms with van der Waals surface area (Å²) in [7, 11) is -3.62. The van der Waals surface area contributed by atoms with Gasteiger partial charge in [-0.25, -0.2) is 8.42 Å². The molecule has 0 bridgehead atoms. The van der Waals surface area contributed by atoms with Crippen LogP contribution in [0.2, 0.25) is 10.0 Å². The smallest absolute Gasteiger partial charge is 0.243 e. The third kappa shape index (κ3) is 9.71. The first-order valence-corrected chi connectivity index (χ1v) is 16.8. The van der Waals surface area contributed by atoms with Gasteiger partial charge in [-0.1, -0.05) is 71.7 Å². The maximum absolute atomic E-state index is 14.1. The van der Waals surface area contributed by atoms with E-state index in [0.29, 0.717) is 21.3 Å². The Balaban J connectivity index is 1.97. The zero-order chi connectivity index (χ0) is 31.9. The molecule has 0 saturated carbocycles. The largest absolute Gasteiger partial charge is 0.350 e. The number of aryl methyl sites for hydroxylation is 1. The topological polar surface area (TPSA) is 86.8 Å². The molecular weight excluding hydrogens is 605 g/mol. The van der Waals surface area contributed by atoms with E-state index in [-0.39, 0.29) is 44.2 Å². The van der Waals surface area contributed by atoms with Gasteiger partial charge in [0.2, 0.25) is 21.8 Å². The average molecular weight is 647 g/mol. The van der Waals surface area contributed by atoms with Crippen LogP contribution in [0.1, 0.15) is 55.9 Å². The lowest BCUT2D eigenvalue weighted by Crippen LogP contribution is -2.54. The zero-order valence-electron chi connectivity index (χ0n) is 25.7. The van der Waals surface area contributed by atoms with E-state index >= 15 is 0 Å². The molecule has 0 aliphatic heterocycles. The lowest BCUT2D eigenvalue weighted by atomic mass is 10.00. The number of carbonyl (C=O) groups is 2. The number of hydrogen-bond donors (Lipinski definition) is 1. The highest BCUT2D eigenvalue weighted by Gasteiger charge is 2.33. The monoisotopic (exact) mass is 645 g/mol. The summed E-state index contributed by atoms with van der Waals surface area (Å²) in [5.41, 5.74) is 3.30. The third-order valence-electron chi connectivity index (χ3n) is 7.16. The number of carbonyl (C=O) groups excluding carboxylic acids is 2. The highest BCUT2D eigenvalue weighted by atomic mass is 35.5. The minimum Gasteiger partial charge on any atom is -0.350 e. The summed E-state index contributed by atoms with van der Waals surface area (Å²) in [6.07, 6.45) is 1.68. The molecule has 0 radical (unpaired) electrons. The third-order valence-corrected chi connectivity index (χ3v) is 9.04. The average Bonchev–Trinajstić information content (AvgIpc) is 2.91. The van der Waals surface area contributed by atoms with E-state index in [0.717, 1.165) is 22.9 Å². The van der Waals surface area contributed by atoms with Gasteiger partial charge < -0.3 is 10.2 Å². The number of hydrogen-bond acceptors (Lipinski definition) is 4. The number of anilines is 1. The number of rotatable bonds is 12. The van der Waals surface area contributed by atoms with Crippen molar-refractivity contribution in [3.05, 3.63) is 99.0 Å². The molecule has 0 aliphatic carbocycles. The Labute approximate surface area is 266 Å². The van der Waals surface area contributed by atoms with Crippen molar-refractivity contribution in [1.29, 1.82) is 0 Å². The Morgan fingerprint density at radius 1 is 0.907 bits per heavy atom. The molecule has 0 unspecified atom stereocenters. The quantitative estimate of drug-likeness (QED) is 0.237. The summed E-state index contributed by atoms with van der Waals surface area (Å²) in [5.74, 6) is -0.614. The molecule has 7 nitrogen and oxygen atoms in total. The number of halogens is 2. The first-order valence-electron chi connectivity index (χ1n) is 14.2. The number of sulfonamides is 1. The Bertz CT molecular complexity index is 1520. The van der Waals surface area contributed by atoms with Crippen LogP contribution in [0.4, 0.5) is 5.69 Å². The van der Waals surface area contributed by atoms with Crippen molar-refractivity contribution in [1.82, 2.24) is 10.2 Å². The molecule has 0 heterocycles. The number of nitrogens with zero attached hydrogens (tertiary/aromatic N) is 2. The minimum absolute atomic E-state index is 0.00699. The van der Waals surface area contributed by atoms with Gasteiger partial charge in [0.05, 0.1) is 11.9 Å². The standard InChI is InChI=1S/C33H41Cl2N3O4S/c1-23-13-10-18-29(24(23)2)38(43(6,41)42)20-12-19-31(39)37(22-26-27(34)16-11-17-28(26)35)30(32(40)36-33(3,4)5)21-25-14-8-7-9-15-25/h7-11,13-18,30H,12,19-22H2,1-6H3,(H,36,40)/t30-/m0/s1. The molecule has 0 aromatic heterocycles. The molecule has 0 aliphatic rings. The number of nitrogens with one attached hydrogen (secondary N) is 1. The van der Waals surface area contributed by atoms with Crippen molar-refractivity contribution >= 4 is 50.7 Å². The van der Waals surface area contributed by atoms with E-state index in [1.54, 1.807) is 24.3 Å². The van der Waals surface area contributed by atoms with Crippen molar-refractivity contribution < 1.29 is 18.0 Å². The van der Waals surface area contributed by atoms with Crippen LogP contribution in [-0.4, -0.2) is 49.5 Å². The van der Waals surface area contributed by atoms with E-state index in [1.165, 1.54) is 9.21 Å². The maximum atomic E-state index is 14.1. The van der Waals surface area contributed by atoms with Crippen LogP contribution in [-0.2, 0) is 32.6 Å². The highest BCUT2D eigenvalue weighted by Crippen LogP contribution is 2.29. The van der Waals surface area contributed by atoms with Crippen LogP contribution < -0.4 is 9.62 Å². The van der Waals surface area contributed by atoms with Crippen molar-refractivity contribution in [3.8, 4) is 0 Å². The zero-order valence-corrected chi connectivity index (χ0v) is 28.0. The SMILES string of the molecule is Cc1cccc(N(CCCC(=O)N(Cc2c(Cl)cccc2Cl)[C@@H](Cc2ccccc2)C(=O)NC(C)(C)C)S(C)(=O)=O)c1C. The predicted molar refractivity (Wildman–Crippen MR) is 176 cm³/mol. The molecule has 232 valence electrons. The van der Waals surface area contributed by atoms with Gasteiger partial charge in [0.15, 0.2) is 0 Å². The maximum Gasteiger partial charge on any atom is 0.243 e. The van der Waals surface area contributed by atoms with E-state index in [2.05, 4.69) is 5.32 Å². The molecule has 10 heteroatoms. The molecule has 2 amide bonds. The first kappa shape index (κ1) is 34.4. The fourth-order valence-corrected chi connectivity index (χ4v) is 6.38. The Kier molecular flexibility index (Phi) is 11.7. The molecule has 1 N–H and O–H groups in total. The van der Waals surface area contributed by atoms with Gasteiger partial charge in [-0.05, 0) is 75.9 Å². The van der Waals surface area contributed by atoms with Crippen molar-refractivity contribution in [2.24, 2.45) is 0 Å². The summed E-state index contributed by atoms with van der Waals surface area (Å²) in [5, 5.41) is 3.81. The van der Waals surface area contributed by atoms with Crippen LogP contribution in [0.15, 0.2) is 66.7 Å². The fraction of sp³-hybridized carbons (Fsp3) is 0.394. The van der Waals surface area contributed by atoms with E-state index in [1.807, 2.05) is 77.1 Å². The van der Waals surface area contributed by atoms with Gasteiger partial charge in [-0.15, -0.1) is 0 Å². The summed E-state index contributed by atoms with van der Waals surface area (Å²) in [6.45, 7) is 9.57. The molecule has 0 saturated heterocycles. The summed E-state index contributed by atoms with van der Waals surface area (Å²) >= 11 is 13.0. The lowest BCUT2D eigenvalue weighted by molar-refractivity contribution is -0.142. The van der Waals surface area contributed by atoms with Crippen molar-refractivity contribution in [3.63, 3.8) is 0 Å². The second kappa shape index (κ2) is 14.6. The predicted octanol–water partition coefficient (Wildman–Crippen LogP) is 6.71. The lowest BCUT2D eigenvalue weighted by Gasteiger charge is -2.34. The van der Waals surface area contributed by atoms with E-state index in [9.17, 15) is 18.0 Å². The summed E-state index contributed by atoms with van der Waals surface area (Å²) in [4.78, 5) is 29.3. The minimum atomic E-state index is -3.62. The molecule has 3 aromatic carbocycles. The molecule has 3 rings (SSSR count). The second-order valence-corrected chi connectivity index (χ2v) is 14.5. The molecule has 0 fully saturated rings. The molecule has 0 spiro atoms. The summed E-state index contributed by atoms with van der Waals surface area (Å²) in [6, 6.07) is 19.3. The van der Waals surface area contributed by atoms with Gasteiger partial charge in [0, 0.05) is 47.1 Å². The van der Waals surface area contributed by atoms with Crippen LogP contribution in [0.3, 0.4) is 0 Å². The van der Waals surface area contributed by atoms with E-state index < -0.39 is 21.6 Å². The Hall–Kier alpha value is -3.07. The van der Waals surface area contributed by atoms with Gasteiger partial charge in [0.25, 0.3) is 0 Å². The molecule has 3 aromatic rings. The first-order chi connectivity index (χ1) is 20.1. The van der Waals surface area contributed by atoms with Crippen LogP contribution in [0, 0.1) is 13.8 Å². The van der Waals surface area contributed by atoms with Crippen molar-refractivity contribution in [2.75, 3.05) is 17.1 Å². The van der Waals surface area contributed by atoms with Gasteiger partial charge in [-0.3, -0.25) is 13.9 Å². The molecule has 1 atom stereocenters. The van der Waals surface area contributed by atoms with E-state index in [4.69, 9.17) is 23.2 Å². The van der Waals surface area contributed by atoms with Crippen LogP contribution in [0.5, 0.6) is 0 Å². The van der Waals surface area contributed by atoms with Crippen LogP contribution in [0.25, 0.3) is 0 Å². The molecular formula is C33H41Cl2N3O4S. The normalized spacial score (nSPS) is 12.5. The van der Waals surface area contributed by atoms with Gasteiger partial charge in [-0.2, -0.15) is 0 Å². The number of amides is 2. The van der Waals surface area contributed by atoms with Crippen LogP contribution >= 0.6 is 23.2 Å². The number of benzene rings is 3. The van der Waals surface area contributed by atoms with Gasteiger partial charge in [0.1, 0.15) is 6.04 Å². The Morgan fingerprint density at radius 3 is 2.09 bits per heavy atom. The van der Waals surface area contributed by atoms with Crippen molar-refractivity contribution in [2.45, 2.75) is 72.0 Å². The van der Waals surface area contributed by atoms with Gasteiger partial charge >= 0.3 is 0 Å².